The Morgan fingerprint density at radius 1 is 1.21 bits per heavy atom. The molecule has 0 aliphatic carbocycles. The summed E-state index contributed by atoms with van der Waals surface area (Å²) in [5.74, 6) is -0.341. The highest BCUT2D eigenvalue weighted by atomic mass is 16.4. The standard InChI is InChI=1S/C15H23NO3/c1-11(2)12-4-6-13(7-5-12)14(17)10-16(3)9-8-15(18)19/h4-7,11,14,17H,8-10H2,1-3H3,(H,18,19). The van der Waals surface area contributed by atoms with Gasteiger partial charge in [-0.05, 0) is 24.1 Å². The zero-order chi connectivity index (χ0) is 14.4. The van der Waals surface area contributed by atoms with Crippen LogP contribution in [0.3, 0.4) is 0 Å². The first kappa shape index (κ1) is 15.7. The Labute approximate surface area is 114 Å². The maximum Gasteiger partial charge on any atom is 0.304 e. The Hall–Kier alpha value is -1.39. The van der Waals surface area contributed by atoms with E-state index in [2.05, 4.69) is 13.8 Å². The van der Waals surface area contributed by atoms with Crippen molar-refractivity contribution in [2.45, 2.75) is 32.3 Å². The van der Waals surface area contributed by atoms with Crippen molar-refractivity contribution >= 4 is 5.97 Å². The number of hydrogen-bond acceptors (Lipinski definition) is 3. The molecule has 0 aliphatic heterocycles. The van der Waals surface area contributed by atoms with Gasteiger partial charge < -0.3 is 15.1 Å². The van der Waals surface area contributed by atoms with Crippen LogP contribution >= 0.6 is 0 Å². The lowest BCUT2D eigenvalue weighted by atomic mass is 10.00. The molecular formula is C15H23NO3. The Kier molecular flexibility index (Phi) is 5.99. The third-order valence-corrected chi connectivity index (χ3v) is 3.18. The van der Waals surface area contributed by atoms with Gasteiger partial charge in [-0.25, -0.2) is 0 Å². The molecule has 4 nitrogen and oxygen atoms in total. The van der Waals surface area contributed by atoms with Gasteiger partial charge in [0.2, 0.25) is 0 Å². The molecule has 2 N–H and O–H groups in total. The first-order valence-electron chi connectivity index (χ1n) is 6.58. The lowest BCUT2D eigenvalue weighted by Gasteiger charge is -2.20. The number of aliphatic carboxylic acids is 1. The van der Waals surface area contributed by atoms with Gasteiger partial charge in [-0.15, -0.1) is 0 Å². The number of hydrogen-bond donors (Lipinski definition) is 2. The van der Waals surface area contributed by atoms with E-state index in [1.165, 1.54) is 5.56 Å². The number of aliphatic hydroxyl groups is 1. The van der Waals surface area contributed by atoms with Crippen LogP contribution in [-0.2, 0) is 4.79 Å². The van der Waals surface area contributed by atoms with E-state index in [1.54, 1.807) is 0 Å². The smallest absolute Gasteiger partial charge is 0.304 e. The maximum atomic E-state index is 10.5. The lowest BCUT2D eigenvalue weighted by Crippen LogP contribution is -2.27. The van der Waals surface area contributed by atoms with E-state index in [-0.39, 0.29) is 6.42 Å². The van der Waals surface area contributed by atoms with Gasteiger partial charge in [0.1, 0.15) is 0 Å². The van der Waals surface area contributed by atoms with Crippen LogP contribution in [-0.4, -0.2) is 41.2 Å². The van der Waals surface area contributed by atoms with Gasteiger partial charge >= 0.3 is 5.97 Å². The van der Waals surface area contributed by atoms with Crippen LogP contribution in [0.1, 0.15) is 43.4 Å². The molecule has 0 aliphatic rings. The van der Waals surface area contributed by atoms with E-state index in [1.807, 2.05) is 36.2 Å². The molecule has 106 valence electrons. The summed E-state index contributed by atoms with van der Waals surface area (Å²) >= 11 is 0. The predicted molar refractivity (Wildman–Crippen MR) is 75.2 cm³/mol. The summed E-state index contributed by atoms with van der Waals surface area (Å²) in [6.45, 7) is 5.14. The van der Waals surface area contributed by atoms with Crippen molar-refractivity contribution in [3.8, 4) is 0 Å². The second-order valence-corrected chi connectivity index (χ2v) is 5.24. The summed E-state index contributed by atoms with van der Waals surface area (Å²) in [7, 11) is 1.81. The van der Waals surface area contributed by atoms with E-state index >= 15 is 0 Å². The normalized spacial score (nSPS) is 12.9. The van der Waals surface area contributed by atoms with Crippen molar-refractivity contribution in [2.24, 2.45) is 0 Å². The van der Waals surface area contributed by atoms with Crippen molar-refractivity contribution in [3.05, 3.63) is 35.4 Å². The molecule has 1 aromatic rings. The molecule has 0 heterocycles. The molecule has 0 spiro atoms. The monoisotopic (exact) mass is 265 g/mol. The van der Waals surface area contributed by atoms with Crippen molar-refractivity contribution in [1.29, 1.82) is 0 Å². The van der Waals surface area contributed by atoms with E-state index in [0.717, 1.165) is 5.56 Å². The molecule has 1 unspecified atom stereocenters. The zero-order valence-electron chi connectivity index (χ0n) is 11.8. The molecule has 0 aromatic heterocycles. The topological polar surface area (TPSA) is 60.8 Å². The summed E-state index contributed by atoms with van der Waals surface area (Å²) in [4.78, 5) is 12.3. The minimum absolute atomic E-state index is 0.0928. The fraction of sp³-hybridized carbons (Fsp3) is 0.533. The third-order valence-electron chi connectivity index (χ3n) is 3.18. The number of nitrogens with zero attached hydrogens (tertiary/aromatic N) is 1. The molecule has 1 rings (SSSR count). The van der Waals surface area contributed by atoms with Gasteiger partial charge in [-0.2, -0.15) is 0 Å². The van der Waals surface area contributed by atoms with E-state index in [9.17, 15) is 9.90 Å². The van der Waals surface area contributed by atoms with Crippen molar-refractivity contribution < 1.29 is 15.0 Å². The Morgan fingerprint density at radius 3 is 2.21 bits per heavy atom. The second-order valence-electron chi connectivity index (χ2n) is 5.24. The van der Waals surface area contributed by atoms with Crippen LogP contribution in [0.4, 0.5) is 0 Å². The fourth-order valence-electron chi connectivity index (χ4n) is 1.88. The lowest BCUT2D eigenvalue weighted by molar-refractivity contribution is -0.137. The van der Waals surface area contributed by atoms with Crippen LogP contribution in [0, 0.1) is 0 Å². The number of benzene rings is 1. The minimum atomic E-state index is -0.817. The van der Waals surface area contributed by atoms with Gasteiger partial charge in [0, 0.05) is 13.1 Å². The molecule has 0 fully saturated rings. The molecule has 0 radical (unpaired) electrons. The summed E-state index contributed by atoms with van der Waals surface area (Å²) < 4.78 is 0. The number of aliphatic hydroxyl groups excluding tert-OH is 1. The molecule has 1 aromatic carbocycles. The van der Waals surface area contributed by atoms with Crippen molar-refractivity contribution in [2.75, 3.05) is 20.1 Å². The summed E-state index contributed by atoms with van der Waals surface area (Å²) in [6.07, 6.45) is -0.491. The van der Waals surface area contributed by atoms with Gasteiger partial charge in [-0.1, -0.05) is 38.1 Å². The fourth-order valence-corrected chi connectivity index (χ4v) is 1.88. The molecule has 0 amide bonds. The summed E-state index contributed by atoms with van der Waals surface area (Å²) in [6, 6.07) is 7.93. The molecule has 0 saturated carbocycles. The molecule has 4 heteroatoms. The predicted octanol–water partition coefficient (Wildman–Crippen LogP) is 2.25. The SMILES string of the molecule is CC(C)c1ccc(C(O)CN(C)CCC(=O)O)cc1. The first-order valence-corrected chi connectivity index (χ1v) is 6.58. The Bertz CT molecular complexity index is 400. The van der Waals surface area contributed by atoms with Crippen molar-refractivity contribution in [1.82, 2.24) is 4.90 Å². The molecule has 19 heavy (non-hydrogen) atoms. The van der Waals surface area contributed by atoms with Crippen LogP contribution in [0.15, 0.2) is 24.3 Å². The number of carboxylic acids is 1. The zero-order valence-corrected chi connectivity index (χ0v) is 11.8. The van der Waals surface area contributed by atoms with Gasteiger partial charge in [0.25, 0.3) is 0 Å². The highest BCUT2D eigenvalue weighted by molar-refractivity contribution is 5.66. The second kappa shape index (κ2) is 7.26. The number of carbonyl (C=O) groups is 1. The molecular weight excluding hydrogens is 242 g/mol. The van der Waals surface area contributed by atoms with Gasteiger partial charge in [-0.3, -0.25) is 4.79 Å². The van der Waals surface area contributed by atoms with E-state index in [0.29, 0.717) is 19.0 Å². The highest BCUT2D eigenvalue weighted by Gasteiger charge is 2.12. The number of rotatable bonds is 7. The highest BCUT2D eigenvalue weighted by Crippen LogP contribution is 2.19. The minimum Gasteiger partial charge on any atom is -0.481 e. The average molecular weight is 265 g/mol. The molecule has 1 atom stereocenters. The maximum absolute atomic E-state index is 10.5. The average Bonchev–Trinajstić information content (AvgIpc) is 2.36. The third kappa shape index (κ3) is 5.41. The van der Waals surface area contributed by atoms with E-state index < -0.39 is 12.1 Å². The van der Waals surface area contributed by atoms with Gasteiger partial charge in [0.05, 0.1) is 12.5 Å². The first-order chi connectivity index (χ1) is 8.90. The van der Waals surface area contributed by atoms with E-state index in [4.69, 9.17) is 5.11 Å². The summed E-state index contributed by atoms with van der Waals surface area (Å²) in [5, 5.41) is 18.7. The summed E-state index contributed by atoms with van der Waals surface area (Å²) in [5.41, 5.74) is 2.11. The Morgan fingerprint density at radius 2 is 1.74 bits per heavy atom. The number of likely N-dealkylation sites (N-methyl/N-ethyl adjacent to an activating group) is 1. The van der Waals surface area contributed by atoms with Crippen LogP contribution in [0.5, 0.6) is 0 Å². The number of carboxylic acid groups (broad SMARTS) is 1. The van der Waals surface area contributed by atoms with Crippen LogP contribution in [0.25, 0.3) is 0 Å². The Balaban J connectivity index is 2.52. The van der Waals surface area contributed by atoms with Crippen molar-refractivity contribution in [3.63, 3.8) is 0 Å². The van der Waals surface area contributed by atoms with Gasteiger partial charge in [0.15, 0.2) is 0 Å². The molecule has 0 saturated heterocycles. The quantitative estimate of drug-likeness (QED) is 0.794. The molecule has 0 bridgehead atoms. The van der Waals surface area contributed by atoms with Crippen LogP contribution < -0.4 is 0 Å². The van der Waals surface area contributed by atoms with Crippen LogP contribution in [0.2, 0.25) is 0 Å². The largest absolute Gasteiger partial charge is 0.481 e.